The number of hydrogen-bond acceptors (Lipinski definition) is 2. The highest BCUT2D eigenvalue weighted by atomic mass is 16.2. The second-order valence-electron chi connectivity index (χ2n) is 2.21. The van der Waals surface area contributed by atoms with Crippen LogP contribution in [0.25, 0.3) is 0 Å². The molecule has 3 nitrogen and oxygen atoms in total. The van der Waals surface area contributed by atoms with Gasteiger partial charge in [-0.1, -0.05) is 20.3 Å². The highest BCUT2D eigenvalue weighted by molar-refractivity contribution is 5.75. The topological polar surface area (TPSA) is 49.3 Å². The van der Waals surface area contributed by atoms with Gasteiger partial charge < -0.3 is 10.4 Å². The number of rotatable bonds is 5. The molecule has 0 aliphatic rings. The van der Waals surface area contributed by atoms with E-state index in [2.05, 4.69) is 5.32 Å². The lowest BCUT2D eigenvalue weighted by molar-refractivity contribution is -0.120. The summed E-state index contributed by atoms with van der Waals surface area (Å²) in [7, 11) is 1.63. The molecule has 0 rings (SSSR count). The summed E-state index contributed by atoms with van der Waals surface area (Å²) < 4.78 is 0. The molecule has 0 fully saturated rings. The molecular formula is C9H23NO2. The van der Waals surface area contributed by atoms with Crippen LogP contribution in [0.5, 0.6) is 0 Å². The molecule has 0 aliphatic heterocycles. The summed E-state index contributed by atoms with van der Waals surface area (Å²) >= 11 is 0. The standard InChI is InChI=1S/C7H15NO2.C2H6.H2/c1-8-7(10)5-3-2-4-6-9;1-2;/h9H,2-6H2,1H3,(H,8,10);1-2H3;1H. The van der Waals surface area contributed by atoms with Gasteiger partial charge in [0.1, 0.15) is 0 Å². The van der Waals surface area contributed by atoms with Gasteiger partial charge in [0.2, 0.25) is 5.91 Å². The average molecular weight is 177 g/mol. The van der Waals surface area contributed by atoms with Gasteiger partial charge in [0.25, 0.3) is 0 Å². The van der Waals surface area contributed by atoms with Gasteiger partial charge in [-0.2, -0.15) is 0 Å². The first-order valence-electron chi connectivity index (χ1n) is 4.62. The molecule has 0 aliphatic carbocycles. The third-order valence-electron chi connectivity index (χ3n) is 1.34. The molecule has 0 aromatic carbocycles. The summed E-state index contributed by atoms with van der Waals surface area (Å²) in [4.78, 5) is 10.6. The van der Waals surface area contributed by atoms with Gasteiger partial charge in [0.15, 0.2) is 0 Å². The number of hydrogen-bond donors (Lipinski definition) is 2. The molecule has 0 radical (unpaired) electrons. The fourth-order valence-electron chi connectivity index (χ4n) is 0.699. The van der Waals surface area contributed by atoms with Crippen LogP contribution in [0.4, 0.5) is 0 Å². The van der Waals surface area contributed by atoms with Gasteiger partial charge in [-0.25, -0.2) is 0 Å². The van der Waals surface area contributed by atoms with Crippen molar-refractivity contribution in [1.29, 1.82) is 0 Å². The third kappa shape index (κ3) is 12.1. The smallest absolute Gasteiger partial charge is 0.219 e. The largest absolute Gasteiger partial charge is 0.396 e. The van der Waals surface area contributed by atoms with E-state index in [0.717, 1.165) is 19.3 Å². The summed E-state index contributed by atoms with van der Waals surface area (Å²) in [5.41, 5.74) is 0. The Labute approximate surface area is 76.7 Å². The van der Waals surface area contributed by atoms with Crippen molar-refractivity contribution < 1.29 is 11.3 Å². The second kappa shape index (κ2) is 13.1. The van der Waals surface area contributed by atoms with Gasteiger partial charge in [0.05, 0.1) is 0 Å². The van der Waals surface area contributed by atoms with E-state index in [-0.39, 0.29) is 13.9 Å². The molecule has 76 valence electrons. The van der Waals surface area contributed by atoms with Crippen molar-refractivity contribution in [3.63, 3.8) is 0 Å². The van der Waals surface area contributed by atoms with Gasteiger partial charge >= 0.3 is 0 Å². The molecule has 2 N–H and O–H groups in total. The SMILES string of the molecule is CC.CNC(=O)CCCCCO.[HH]. The summed E-state index contributed by atoms with van der Waals surface area (Å²) in [5.74, 6) is 0.0814. The Hall–Kier alpha value is -0.570. The van der Waals surface area contributed by atoms with E-state index < -0.39 is 0 Å². The second-order valence-corrected chi connectivity index (χ2v) is 2.21. The lowest BCUT2D eigenvalue weighted by atomic mass is 10.2. The van der Waals surface area contributed by atoms with Crippen molar-refractivity contribution >= 4 is 5.91 Å². The van der Waals surface area contributed by atoms with Crippen molar-refractivity contribution in [2.24, 2.45) is 0 Å². The number of carbonyl (C=O) groups excluding carboxylic acids is 1. The van der Waals surface area contributed by atoms with Crippen LogP contribution in [0, 0.1) is 0 Å². The van der Waals surface area contributed by atoms with Crippen LogP contribution < -0.4 is 5.32 Å². The monoisotopic (exact) mass is 177 g/mol. The summed E-state index contributed by atoms with van der Waals surface area (Å²) in [6.45, 7) is 4.23. The first-order valence-corrected chi connectivity index (χ1v) is 4.62. The zero-order valence-corrected chi connectivity index (χ0v) is 8.39. The van der Waals surface area contributed by atoms with E-state index in [1.165, 1.54) is 0 Å². The first kappa shape index (κ1) is 14.0. The van der Waals surface area contributed by atoms with Gasteiger partial charge in [-0.3, -0.25) is 4.79 Å². The van der Waals surface area contributed by atoms with Crippen LogP contribution in [0.15, 0.2) is 0 Å². The van der Waals surface area contributed by atoms with E-state index in [1.54, 1.807) is 7.05 Å². The highest BCUT2D eigenvalue weighted by Crippen LogP contribution is 1.97. The maximum atomic E-state index is 10.6. The molecule has 0 bridgehead atoms. The van der Waals surface area contributed by atoms with E-state index >= 15 is 0 Å². The Kier molecular flexibility index (Phi) is 15.2. The average Bonchev–Trinajstić information content (AvgIpc) is 2.15. The zero-order valence-electron chi connectivity index (χ0n) is 8.39. The maximum absolute atomic E-state index is 10.6. The van der Waals surface area contributed by atoms with Crippen LogP contribution in [-0.2, 0) is 4.79 Å². The maximum Gasteiger partial charge on any atom is 0.219 e. The van der Waals surface area contributed by atoms with Crippen molar-refractivity contribution in [1.82, 2.24) is 5.32 Å². The van der Waals surface area contributed by atoms with Crippen molar-refractivity contribution in [2.75, 3.05) is 13.7 Å². The van der Waals surface area contributed by atoms with Crippen LogP contribution in [-0.4, -0.2) is 24.7 Å². The number of unbranched alkanes of at least 4 members (excludes halogenated alkanes) is 2. The van der Waals surface area contributed by atoms with Crippen LogP contribution in [0.3, 0.4) is 0 Å². The Morgan fingerprint density at radius 3 is 2.33 bits per heavy atom. The van der Waals surface area contributed by atoms with Gasteiger partial charge in [-0.15, -0.1) is 0 Å². The molecule has 3 heteroatoms. The first-order chi connectivity index (χ1) is 5.81. The van der Waals surface area contributed by atoms with E-state index in [1.807, 2.05) is 13.8 Å². The van der Waals surface area contributed by atoms with Crippen molar-refractivity contribution in [3.8, 4) is 0 Å². The lowest BCUT2D eigenvalue weighted by Gasteiger charge is -1.97. The number of aliphatic hydroxyl groups is 1. The summed E-state index contributed by atoms with van der Waals surface area (Å²) in [5, 5.41) is 10.9. The predicted octanol–water partition coefficient (Wildman–Crippen LogP) is 1.56. The molecule has 0 saturated heterocycles. The predicted molar refractivity (Wildman–Crippen MR) is 53.1 cm³/mol. The number of carbonyl (C=O) groups is 1. The molecule has 0 atom stereocenters. The van der Waals surface area contributed by atoms with E-state index in [9.17, 15) is 4.79 Å². The normalized spacial score (nSPS) is 8.33. The van der Waals surface area contributed by atoms with Crippen LogP contribution in [0.2, 0.25) is 0 Å². The van der Waals surface area contributed by atoms with Gasteiger partial charge in [-0.05, 0) is 12.8 Å². The Morgan fingerprint density at radius 2 is 1.92 bits per heavy atom. The molecule has 0 saturated carbocycles. The number of aliphatic hydroxyl groups excluding tert-OH is 1. The zero-order chi connectivity index (χ0) is 9.82. The van der Waals surface area contributed by atoms with E-state index in [4.69, 9.17) is 5.11 Å². The van der Waals surface area contributed by atoms with Crippen molar-refractivity contribution in [2.45, 2.75) is 39.5 Å². The molecule has 12 heavy (non-hydrogen) atoms. The molecule has 0 heterocycles. The molecule has 0 aromatic rings. The minimum Gasteiger partial charge on any atom is -0.396 e. The highest BCUT2D eigenvalue weighted by Gasteiger charge is 1.95. The molecule has 0 aromatic heterocycles. The van der Waals surface area contributed by atoms with Gasteiger partial charge in [0, 0.05) is 21.5 Å². The molecule has 0 unspecified atom stereocenters. The molecule has 0 spiro atoms. The minimum atomic E-state index is 0. The quantitative estimate of drug-likeness (QED) is 0.626. The molecular weight excluding hydrogens is 154 g/mol. The fourth-order valence-corrected chi connectivity index (χ4v) is 0.699. The number of amides is 1. The Balaban J connectivity index is -0.000000309. The summed E-state index contributed by atoms with van der Waals surface area (Å²) in [6, 6.07) is 0. The third-order valence-corrected chi connectivity index (χ3v) is 1.34. The lowest BCUT2D eigenvalue weighted by Crippen LogP contribution is -2.16. The Morgan fingerprint density at radius 1 is 1.33 bits per heavy atom. The molecule has 1 amide bonds. The minimum absolute atomic E-state index is 0. The van der Waals surface area contributed by atoms with Crippen LogP contribution >= 0.6 is 0 Å². The van der Waals surface area contributed by atoms with Crippen LogP contribution in [0.1, 0.15) is 41.0 Å². The number of nitrogens with one attached hydrogen (secondary N) is 1. The summed E-state index contributed by atoms with van der Waals surface area (Å²) in [6.07, 6.45) is 3.19. The Bertz CT molecular complexity index is 99.6. The fraction of sp³-hybridized carbons (Fsp3) is 0.889. The van der Waals surface area contributed by atoms with Crippen molar-refractivity contribution in [3.05, 3.63) is 0 Å². The van der Waals surface area contributed by atoms with E-state index in [0.29, 0.717) is 6.42 Å².